The van der Waals surface area contributed by atoms with Crippen molar-refractivity contribution in [3.05, 3.63) is 34.9 Å². The van der Waals surface area contributed by atoms with E-state index < -0.39 is 12.0 Å². The lowest BCUT2D eigenvalue weighted by atomic mass is 10.0. The molecule has 1 aromatic carbocycles. The van der Waals surface area contributed by atoms with E-state index in [1.807, 2.05) is 0 Å². The van der Waals surface area contributed by atoms with Crippen LogP contribution in [0.15, 0.2) is 18.2 Å². The van der Waals surface area contributed by atoms with Gasteiger partial charge in [0.25, 0.3) is 5.91 Å². The summed E-state index contributed by atoms with van der Waals surface area (Å²) in [4.78, 5) is 12.0. The summed E-state index contributed by atoms with van der Waals surface area (Å²) in [6.07, 6.45) is 0. The van der Waals surface area contributed by atoms with Gasteiger partial charge >= 0.3 is 6.05 Å². The van der Waals surface area contributed by atoms with Crippen molar-refractivity contribution in [3.8, 4) is 0 Å². The van der Waals surface area contributed by atoms with Gasteiger partial charge in [-0.2, -0.15) is 8.78 Å². The van der Waals surface area contributed by atoms with Gasteiger partial charge in [-0.1, -0.05) is 18.2 Å². The molecule has 2 nitrogen and oxygen atoms in total. The molecule has 14 heavy (non-hydrogen) atoms. The van der Waals surface area contributed by atoms with Crippen LogP contribution in [0.4, 0.5) is 8.78 Å². The quantitative estimate of drug-likeness (QED) is 0.583. The molecule has 0 saturated heterocycles. The van der Waals surface area contributed by atoms with E-state index in [1.165, 1.54) is 12.1 Å². The zero-order valence-electron chi connectivity index (χ0n) is 7.84. The first-order chi connectivity index (χ1) is 6.46. The molecule has 0 aromatic heterocycles. The van der Waals surface area contributed by atoms with Crippen LogP contribution < -0.4 is 0 Å². The van der Waals surface area contributed by atoms with Gasteiger partial charge in [-0.15, -0.1) is 0 Å². The Morgan fingerprint density at radius 1 is 1.36 bits per heavy atom. The van der Waals surface area contributed by atoms with Crippen molar-refractivity contribution in [2.45, 2.75) is 13.0 Å². The Bertz CT molecular complexity index is 415. The minimum atomic E-state index is -3.17. The number of nitrogens with zero attached hydrogens (tertiary/aromatic N) is 1. The molecule has 0 N–H and O–H groups in total. The number of alkyl halides is 2. The number of carbonyl (C=O) groups excluding carboxylic acids is 1. The molecule has 0 spiro atoms. The Labute approximate surface area is 80.1 Å². The van der Waals surface area contributed by atoms with Gasteiger partial charge in [-0.05, 0) is 12.5 Å². The predicted octanol–water partition coefficient (Wildman–Crippen LogP) is 2.13. The maximum Gasteiger partial charge on any atom is 0.355 e. The molecule has 1 amide bonds. The molecule has 0 fully saturated rings. The van der Waals surface area contributed by atoms with E-state index in [0.29, 0.717) is 10.5 Å². The fraction of sp³-hybridized carbons (Fsp3) is 0.300. The topological polar surface area (TPSA) is 20.3 Å². The summed E-state index contributed by atoms with van der Waals surface area (Å²) in [5, 5.41) is 0. The lowest BCUT2D eigenvalue weighted by molar-refractivity contribution is -0.110. The van der Waals surface area contributed by atoms with Gasteiger partial charge in [0.15, 0.2) is 0 Å². The van der Waals surface area contributed by atoms with Gasteiger partial charge in [0, 0.05) is 7.05 Å². The number of hydrogen-bond acceptors (Lipinski definition) is 1. The maximum absolute atomic E-state index is 13.5. The minimum Gasteiger partial charge on any atom is -0.278 e. The van der Waals surface area contributed by atoms with Gasteiger partial charge in [0.05, 0.1) is 11.1 Å². The normalized spacial score (nSPS) is 18.6. The van der Waals surface area contributed by atoms with Crippen LogP contribution in [-0.2, 0) is 6.05 Å². The summed E-state index contributed by atoms with van der Waals surface area (Å²) >= 11 is 0. The van der Waals surface area contributed by atoms with E-state index in [2.05, 4.69) is 0 Å². The van der Waals surface area contributed by atoms with E-state index in [1.54, 1.807) is 13.0 Å². The lowest BCUT2D eigenvalue weighted by Gasteiger charge is -2.18. The van der Waals surface area contributed by atoms with E-state index in [9.17, 15) is 13.6 Å². The molecule has 0 atom stereocenters. The number of benzene rings is 1. The second-order valence-corrected chi connectivity index (χ2v) is 3.40. The summed E-state index contributed by atoms with van der Waals surface area (Å²) in [7, 11) is 1.11. The monoisotopic (exact) mass is 197 g/mol. The van der Waals surface area contributed by atoms with Crippen molar-refractivity contribution in [3.63, 3.8) is 0 Å². The summed E-state index contributed by atoms with van der Waals surface area (Å²) in [6.45, 7) is 1.66. The average molecular weight is 197 g/mol. The predicted molar refractivity (Wildman–Crippen MR) is 47.2 cm³/mol. The van der Waals surface area contributed by atoms with E-state index >= 15 is 0 Å². The van der Waals surface area contributed by atoms with Crippen LogP contribution in [-0.4, -0.2) is 17.9 Å². The number of fused-ring (bicyclic) bond motifs is 1. The molecule has 0 bridgehead atoms. The van der Waals surface area contributed by atoms with Crippen LogP contribution in [0.2, 0.25) is 0 Å². The summed E-state index contributed by atoms with van der Waals surface area (Å²) in [6, 6.07) is 1.32. The molecule has 1 aliphatic heterocycles. The first-order valence-electron chi connectivity index (χ1n) is 4.22. The molecule has 74 valence electrons. The molecule has 1 aromatic rings. The molecular weight excluding hydrogens is 188 g/mol. The van der Waals surface area contributed by atoms with Gasteiger partial charge in [0.2, 0.25) is 0 Å². The Kier molecular flexibility index (Phi) is 1.65. The molecule has 2 rings (SSSR count). The van der Waals surface area contributed by atoms with Crippen LogP contribution >= 0.6 is 0 Å². The number of rotatable bonds is 0. The highest BCUT2D eigenvalue weighted by molar-refractivity contribution is 6.00. The third kappa shape index (κ3) is 0.908. The highest BCUT2D eigenvalue weighted by Gasteiger charge is 2.49. The second-order valence-electron chi connectivity index (χ2n) is 3.40. The third-order valence-corrected chi connectivity index (χ3v) is 2.54. The Hall–Kier alpha value is -1.45. The highest BCUT2D eigenvalue weighted by Crippen LogP contribution is 2.41. The number of hydrogen-bond donors (Lipinski definition) is 0. The zero-order chi connectivity index (χ0) is 10.5. The van der Waals surface area contributed by atoms with Crippen LogP contribution in [0, 0.1) is 6.92 Å². The highest BCUT2D eigenvalue weighted by atomic mass is 19.3. The van der Waals surface area contributed by atoms with Crippen molar-refractivity contribution >= 4 is 5.91 Å². The second kappa shape index (κ2) is 2.53. The molecule has 0 radical (unpaired) electrons. The molecular formula is C10H9F2NO. The smallest absolute Gasteiger partial charge is 0.278 e. The molecule has 1 heterocycles. The summed E-state index contributed by atoms with van der Waals surface area (Å²) in [5.74, 6) is -0.608. The molecule has 4 heteroatoms. The standard InChI is InChI=1S/C10H9F2NO/c1-6-4-3-5-7-8(6)9(14)13(2)10(7,11)12/h3-5H,1-2H3. The van der Waals surface area contributed by atoms with Gasteiger partial charge in [-0.25, -0.2) is 0 Å². The largest absolute Gasteiger partial charge is 0.355 e. The third-order valence-electron chi connectivity index (χ3n) is 2.54. The number of amides is 1. The maximum atomic E-state index is 13.5. The van der Waals surface area contributed by atoms with E-state index in [0.717, 1.165) is 7.05 Å². The van der Waals surface area contributed by atoms with Crippen molar-refractivity contribution in [2.24, 2.45) is 0 Å². The SMILES string of the molecule is Cc1cccc2c1C(=O)N(C)C2(F)F. The van der Waals surface area contributed by atoms with Crippen LogP contribution in [0.1, 0.15) is 21.5 Å². The Morgan fingerprint density at radius 3 is 2.57 bits per heavy atom. The van der Waals surface area contributed by atoms with Crippen molar-refractivity contribution in [1.82, 2.24) is 4.90 Å². The molecule has 0 saturated carbocycles. The number of aryl methyl sites for hydroxylation is 1. The fourth-order valence-electron chi connectivity index (χ4n) is 1.68. The first-order valence-corrected chi connectivity index (χ1v) is 4.22. The van der Waals surface area contributed by atoms with Gasteiger partial charge in [-0.3, -0.25) is 9.69 Å². The van der Waals surface area contributed by atoms with Crippen molar-refractivity contribution in [1.29, 1.82) is 0 Å². The van der Waals surface area contributed by atoms with Crippen molar-refractivity contribution in [2.75, 3.05) is 7.05 Å². The summed E-state index contributed by atoms with van der Waals surface area (Å²) < 4.78 is 26.9. The Morgan fingerprint density at radius 2 is 2.00 bits per heavy atom. The minimum absolute atomic E-state index is 0.139. The number of carbonyl (C=O) groups is 1. The fourth-order valence-corrected chi connectivity index (χ4v) is 1.68. The van der Waals surface area contributed by atoms with Crippen molar-refractivity contribution < 1.29 is 13.6 Å². The van der Waals surface area contributed by atoms with Crippen LogP contribution in [0.5, 0.6) is 0 Å². The zero-order valence-corrected chi connectivity index (χ0v) is 7.84. The molecule has 0 unspecified atom stereocenters. The van der Waals surface area contributed by atoms with Crippen LogP contribution in [0.25, 0.3) is 0 Å². The lowest BCUT2D eigenvalue weighted by Crippen LogP contribution is -2.32. The first kappa shape index (κ1) is 9.12. The summed E-state index contributed by atoms with van der Waals surface area (Å²) in [5.41, 5.74) is 0.543. The van der Waals surface area contributed by atoms with Crippen LogP contribution in [0.3, 0.4) is 0 Å². The van der Waals surface area contributed by atoms with E-state index in [-0.39, 0.29) is 11.1 Å². The van der Waals surface area contributed by atoms with Gasteiger partial charge in [0.1, 0.15) is 0 Å². The molecule has 1 aliphatic rings. The number of halogens is 2. The molecule has 0 aliphatic carbocycles. The Balaban J connectivity index is 2.74. The van der Waals surface area contributed by atoms with Gasteiger partial charge < -0.3 is 0 Å². The van der Waals surface area contributed by atoms with E-state index in [4.69, 9.17) is 0 Å². The average Bonchev–Trinajstić information content (AvgIpc) is 2.30.